The first-order chi connectivity index (χ1) is 1.91. The zero-order chi connectivity index (χ0) is 3.41. The molecule has 0 atom stereocenters. The van der Waals surface area contributed by atoms with Crippen LogP contribution in [0.15, 0.2) is 0 Å². The monoisotopic (exact) mass is 163 g/mol. The van der Waals surface area contributed by atoms with E-state index in [1.807, 2.05) is 10.2 Å². The smallest absolute Gasteiger partial charge is 0.0122 e. The summed E-state index contributed by atoms with van der Waals surface area (Å²) in [5, 5.41) is 3.75. The molecule has 0 aromatic carbocycles. The van der Waals surface area contributed by atoms with Crippen LogP contribution in [-0.4, -0.2) is 0 Å². The first-order valence-corrected chi connectivity index (χ1v) is 0.475. The van der Waals surface area contributed by atoms with Gasteiger partial charge < -0.3 is 0 Å². The van der Waals surface area contributed by atoms with Gasteiger partial charge in [0.15, 0.2) is 0 Å². The fourth-order valence-electron chi connectivity index (χ4n) is 0. The average Bonchev–Trinajstić information content (AvgIpc) is 1.37. The first-order valence-electron chi connectivity index (χ1n) is 0.475. The van der Waals surface area contributed by atoms with Gasteiger partial charge in [-0.05, 0) is 9.05 Å². The maximum absolute atomic E-state index is 9.62. The van der Waals surface area contributed by atoms with E-state index in [4.69, 9.17) is 0 Å². The van der Waals surface area contributed by atoms with Crippen molar-refractivity contribution in [1.29, 1.82) is 0 Å². The summed E-state index contributed by atoms with van der Waals surface area (Å²) in [4.78, 5) is 0. The van der Waals surface area contributed by atoms with Crippen LogP contribution in [0.25, 0.3) is 0 Å². The van der Waals surface area contributed by atoms with Gasteiger partial charge in [-0.15, -0.1) is 0 Å². The summed E-state index contributed by atoms with van der Waals surface area (Å²) in [5.41, 5.74) is 0. The van der Waals surface area contributed by atoms with Crippen molar-refractivity contribution in [3.8, 4) is 0 Å². The molecule has 5 heavy (non-hydrogen) atoms. The van der Waals surface area contributed by atoms with Crippen LogP contribution in [0.3, 0.4) is 0 Å². The molecule has 2 nitrogen and oxygen atoms in total. The largest absolute Gasteiger partial charge is 0.0122 e. The van der Waals surface area contributed by atoms with E-state index in [0.29, 0.717) is 0 Å². The third-order valence-electron chi connectivity index (χ3n) is 0.0238. The maximum Gasteiger partial charge on any atom is 0.0122 e. The van der Waals surface area contributed by atoms with E-state index in [9.17, 15) is 9.05 Å². The van der Waals surface area contributed by atoms with Crippen molar-refractivity contribution in [3.63, 3.8) is 0 Å². The molecule has 0 unspecified atom stereocenters. The Balaban J connectivity index is 0. The molecule has 0 bridgehead atoms. The molecular formula is F2NbO2. The molecule has 0 saturated heterocycles. The number of hydrogen-bond donors (Lipinski definition) is 0. The molecule has 0 rings (SSSR count). The van der Waals surface area contributed by atoms with Crippen molar-refractivity contribution >= 4 is 0 Å². The fourth-order valence-corrected chi connectivity index (χ4v) is 0. The van der Waals surface area contributed by atoms with E-state index >= 15 is 0 Å². The molecule has 0 heterocycles. The average molecular weight is 163 g/mol. The zero-order valence-corrected chi connectivity index (χ0v) is 4.22. The van der Waals surface area contributed by atoms with Crippen LogP contribution in [0.4, 0.5) is 9.05 Å². The summed E-state index contributed by atoms with van der Waals surface area (Å²) < 4.78 is 19.2. The Hall–Kier alpha value is 0.520. The molecule has 0 aliphatic carbocycles. The van der Waals surface area contributed by atoms with Crippen molar-refractivity contribution in [1.82, 2.24) is 0 Å². The van der Waals surface area contributed by atoms with Crippen LogP contribution < -0.4 is 0 Å². The van der Waals surface area contributed by atoms with Crippen molar-refractivity contribution in [3.05, 3.63) is 0 Å². The molecule has 0 aromatic heterocycles. The van der Waals surface area contributed by atoms with Crippen molar-refractivity contribution < 1.29 is 41.6 Å². The van der Waals surface area contributed by atoms with Gasteiger partial charge >= 0.3 is 0 Å². The summed E-state index contributed by atoms with van der Waals surface area (Å²) in [5.74, 6) is 0. The van der Waals surface area contributed by atoms with Gasteiger partial charge in [0.05, 0.1) is 0 Å². The molecular weight excluding hydrogens is 163 g/mol. The third-order valence-corrected chi connectivity index (χ3v) is 0.0238. The van der Waals surface area contributed by atoms with Gasteiger partial charge in [0.1, 0.15) is 0 Å². The number of rotatable bonds is 1. The fraction of sp³-hybridized carbons (Fsp3) is 0. The number of halogens is 2. The molecule has 0 aromatic rings. The van der Waals surface area contributed by atoms with E-state index in [1.165, 1.54) is 0 Å². The van der Waals surface area contributed by atoms with E-state index < -0.39 is 0 Å². The third kappa shape index (κ3) is 12.4. The molecule has 0 amide bonds. The van der Waals surface area contributed by atoms with Gasteiger partial charge in [-0.3, -0.25) is 0 Å². The van der Waals surface area contributed by atoms with Crippen LogP contribution in [-0.2, 0) is 32.6 Å². The topological polar surface area (TPSA) is 18.5 Å². The van der Waals surface area contributed by atoms with Crippen LogP contribution in [0.1, 0.15) is 0 Å². The normalized spacial score (nSPS) is 6.00. The Morgan fingerprint density at radius 2 is 1.20 bits per heavy atom. The molecule has 0 N–H and O–H groups in total. The summed E-state index contributed by atoms with van der Waals surface area (Å²) >= 11 is 0. The predicted molar refractivity (Wildman–Crippen MR) is 4.39 cm³/mol. The van der Waals surface area contributed by atoms with Crippen LogP contribution >= 0.6 is 0 Å². The Kier molecular flexibility index (Phi) is 16.1. The van der Waals surface area contributed by atoms with Gasteiger partial charge in [-0.2, -0.15) is 0 Å². The van der Waals surface area contributed by atoms with Crippen LogP contribution in [0.2, 0.25) is 0 Å². The molecule has 0 aliphatic heterocycles. The van der Waals surface area contributed by atoms with Crippen molar-refractivity contribution in [2.75, 3.05) is 0 Å². The summed E-state index contributed by atoms with van der Waals surface area (Å²) in [6, 6.07) is 0. The van der Waals surface area contributed by atoms with Crippen LogP contribution in [0, 0.1) is 0 Å². The summed E-state index contributed by atoms with van der Waals surface area (Å²) in [6.07, 6.45) is 0. The molecule has 1 radical (unpaired) electrons. The minimum atomic E-state index is 0. The first kappa shape index (κ1) is 9.10. The van der Waals surface area contributed by atoms with Gasteiger partial charge in [0.25, 0.3) is 0 Å². The van der Waals surface area contributed by atoms with Gasteiger partial charge in [0, 0.05) is 32.6 Å². The zero-order valence-electron chi connectivity index (χ0n) is 2.02. The van der Waals surface area contributed by atoms with Crippen molar-refractivity contribution in [2.45, 2.75) is 0 Å². The van der Waals surface area contributed by atoms with E-state index in [-0.39, 0.29) is 22.4 Å². The molecule has 0 aliphatic rings. The number of hydrogen-bond acceptors (Lipinski definition) is 2. The second-order valence-corrected chi connectivity index (χ2v) is 0.126. The molecule has 5 heteroatoms. The minimum Gasteiger partial charge on any atom is -0.0122 e. The SMILES string of the molecule is FOOF.[Nb]. The van der Waals surface area contributed by atoms with E-state index in [1.54, 1.807) is 0 Å². The van der Waals surface area contributed by atoms with Gasteiger partial charge in [-0.1, -0.05) is 0 Å². The molecule has 0 spiro atoms. The van der Waals surface area contributed by atoms with Gasteiger partial charge in [0.2, 0.25) is 0 Å². The quantitative estimate of drug-likeness (QED) is 0.321. The van der Waals surface area contributed by atoms with Crippen molar-refractivity contribution in [2.24, 2.45) is 0 Å². The second kappa shape index (κ2) is 8.82. The Morgan fingerprint density at radius 1 is 1.00 bits per heavy atom. The summed E-state index contributed by atoms with van der Waals surface area (Å²) in [7, 11) is 0. The second-order valence-electron chi connectivity index (χ2n) is 0.126. The molecule has 31 valence electrons. The standard InChI is InChI=1S/F2O2.Nb/c1-3-4-2;. The Labute approximate surface area is 42.3 Å². The van der Waals surface area contributed by atoms with E-state index in [0.717, 1.165) is 0 Å². The van der Waals surface area contributed by atoms with Crippen LogP contribution in [0.5, 0.6) is 0 Å². The van der Waals surface area contributed by atoms with Gasteiger partial charge in [-0.25, -0.2) is 0 Å². The Bertz CT molecular complexity index is 9.61. The van der Waals surface area contributed by atoms with E-state index in [2.05, 4.69) is 0 Å². The maximum atomic E-state index is 9.62. The predicted octanol–water partition coefficient (Wildman–Crippen LogP) is 0.701. The molecule has 0 fully saturated rings. The molecule has 0 saturated carbocycles. The summed E-state index contributed by atoms with van der Waals surface area (Å²) in [6.45, 7) is 0. The minimum absolute atomic E-state index is 0. The Morgan fingerprint density at radius 3 is 1.20 bits per heavy atom.